The molecule has 6 heteroatoms. The maximum absolute atomic E-state index is 10.7. The number of carbonyl (C=O) groups is 2. The summed E-state index contributed by atoms with van der Waals surface area (Å²) >= 11 is 0. The Kier molecular flexibility index (Phi) is 5.24. The van der Waals surface area contributed by atoms with E-state index in [4.69, 9.17) is 10.2 Å². The van der Waals surface area contributed by atoms with Crippen LogP contribution in [0.2, 0.25) is 0 Å². The van der Waals surface area contributed by atoms with Crippen LogP contribution in [0.5, 0.6) is 0 Å². The number of rotatable bonds is 7. The van der Waals surface area contributed by atoms with Gasteiger partial charge < -0.3 is 20.6 Å². The average molecular weight is 219 g/mol. The summed E-state index contributed by atoms with van der Waals surface area (Å²) in [5.74, 6) is -2.15. The zero-order valence-electron chi connectivity index (χ0n) is 8.86. The van der Waals surface area contributed by atoms with Crippen molar-refractivity contribution in [3.8, 4) is 0 Å². The lowest BCUT2D eigenvalue weighted by Crippen LogP contribution is -2.44. The van der Waals surface area contributed by atoms with Crippen LogP contribution >= 0.6 is 0 Å². The number of carboxylic acid groups (broad SMARTS) is 2. The zero-order valence-corrected chi connectivity index (χ0v) is 8.86. The van der Waals surface area contributed by atoms with Gasteiger partial charge in [0.1, 0.15) is 6.04 Å². The molecule has 0 aromatic carbocycles. The van der Waals surface area contributed by atoms with Gasteiger partial charge in [-0.05, 0) is 20.3 Å². The summed E-state index contributed by atoms with van der Waals surface area (Å²) in [6.45, 7) is 3.18. The molecule has 0 fully saturated rings. The van der Waals surface area contributed by atoms with Crippen molar-refractivity contribution >= 4 is 11.9 Å². The molecule has 0 saturated heterocycles. The third-order valence-corrected chi connectivity index (χ3v) is 1.73. The van der Waals surface area contributed by atoms with E-state index in [2.05, 4.69) is 5.32 Å². The number of hydrogen-bond acceptors (Lipinski definition) is 4. The molecule has 88 valence electrons. The molecule has 0 aromatic heterocycles. The highest BCUT2D eigenvalue weighted by Gasteiger charge is 2.21. The normalized spacial score (nSPS) is 13.5. The lowest BCUT2D eigenvalue weighted by molar-refractivity contribution is -0.140. The molecule has 0 bridgehead atoms. The molecule has 15 heavy (non-hydrogen) atoms. The van der Waals surface area contributed by atoms with Gasteiger partial charge in [0.2, 0.25) is 0 Å². The van der Waals surface area contributed by atoms with Gasteiger partial charge in [-0.1, -0.05) is 0 Å². The Labute approximate surface area is 87.9 Å². The van der Waals surface area contributed by atoms with Crippen LogP contribution < -0.4 is 5.32 Å². The summed E-state index contributed by atoms with van der Waals surface area (Å²) in [5.41, 5.74) is -1.02. The van der Waals surface area contributed by atoms with Crippen molar-refractivity contribution in [3.63, 3.8) is 0 Å². The standard InChI is InChI=1S/C9H17NO5/c1-9(2,15)5-10-6(8(13)14)3-4-7(11)12/h6,10,15H,3-5H2,1-2H3,(H,11,12)(H,13,14)/t6-/m0/s1. The van der Waals surface area contributed by atoms with E-state index in [1.165, 1.54) is 13.8 Å². The van der Waals surface area contributed by atoms with Crippen molar-refractivity contribution in [1.29, 1.82) is 0 Å². The second kappa shape index (κ2) is 5.67. The molecular formula is C9H17NO5. The molecule has 0 heterocycles. The largest absolute Gasteiger partial charge is 0.481 e. The maximum atomic E-state index is 10.7. The van der Waals surface area contributed by atoms with Crippen molar-refractivity contribution in [3.05, 3.63) is 0 Å². The van der Waals surface area contributed by atoms with Crippen molar-refractivity contribution < 1.29 is 24.9 Å². The predicted octanol–water partition coefficient (Wildman–Crippen LogP) is -0.335. The molecule has 0 aliphatic carbocycles. The van der Waals surface area contributed by atoms with Crippen molar-refractivity contribution in [2.75, 3.05) is 6.54 Å². The summed E-state index contributed by atoms with van der Waals surface area (Å²) < 4.78 is 0. The SMILES string of the molecule is CC(C)(O)CN[C@@H](CCC(=O)O)C(=O)O. The molecule has 0 radical (unpaired) electrons. The third kappa shape index (κ3) is 7.90. The topological polar surface area (TPSA) is 107 Å². The van der Waals surface area contributed by atoms with Crippen LogP contribution in [-0.2, 0) is 9.59 Å². The first-order valence-corrected chi connectivity index (χ1v) is 4.63. The monoisotopic (exact) mass is 219 g/mol. The molecule has 0 unspecified atom stereocenters. The molecule has 0 aromatic rings. The average Bonchev–Trinajstić information content (AvgIpc) is 2.00. The van der Waals surface area contributed by atoms with Crippen molar-refractivity contribution in [2.45, 2.75) is 38.3 Å². The third-order valence-electron chi connectivity index (χ3n) is 1.73. The van der Waals surface area contributed by atoms with Crippen molar-refractivity contribution in [2.24, 2.45) is 0 Å². The van der Waals surface area contributed by atoms with Gasteiger partial charge in [-0.2, -0.15) is 0 Å². The van der Waals surface area contributed by atoms with Gasteiger partial charge in [0, 0.05) is 13.0 Å². The van der Waals surface area contributed by atoms with E-state index in [9.17, 15) is 14.7 Å². The van der Waals surface area contributed by atoms with Crippen LogP contribution in [0.3, 0.4) is 0 Å². The highest BCUT2D eigenvalue weighted by atomic mass is 16.4. The first-order chi connectivity index (χ1) is 6.72. The van der Waals surface area contributed by atoms with Gasteiger partial charge in [-0.3, -0.25) is 9.59 Å². The molecule has 6 nitrogen and oxygen atoms in total. The lowest BCUT2D eigenvalue weighted by Gasteiger charge is -2.21. The minimum Gasteiger partial charge on any atom is -0.481 e. The molecule has 1 atom stereocenters. The van der Waals surface area contributed by atoms with Crippen LogP contribution in [0.15, 0.2) is 0 Å². The first-order valence-electron chi connectivity index (χ1n) is 4.63. The Hall–Kier alpha value is -1.14. The van der Waals surface area contributed by atoms with E-state index in [0.717, 1.165) is 0 Å². The van der Waals surface area contributed by atoms with E-state index in [0.29, 0.717) is 0 Å². The Bertz CT molecular complexity index is 233. The van der Waals surface area contributed by atoms with Crippen molar-refractivity contribution in [1.82, 2.24) is 5.32 Å². The zero-order chi connectivity index (χ0) is 12.1. The summed E-state index contributed by atoms with van der Waals surface area (Å²) in [6, 6.07) is -0.937. The maximum Gasteiger partial charge on any atom is 0.320 e. The number of carboxylic acids is 2. The highest BCUT2D eigenvalue weighted by molar-refractivity contribution is 5.75. The second-order valence-electron chi connectivity index (χ2n) is 4.02. The molecule has 4 N–H and O–H groups in total. The van der Waals surface area contributed by atoms with E-state index in [-0.39, 0.29) is 19.4 Å². The van der Waals surface area contributed by atoms with Gasteiger partial charge in [-0.25, -0.2) is 0 Å². The summed E-state index contributed by atoms with van der Waals surface area (Å²) in [7, 11) is 0. The molecule has 0 aliphatic heterocycles. The first kappa shape index (κ1) is 13.9. The van der Waals surface area contributed by atoms with E-state index in [1.807, 2.05) is 0 Å². The highest BCUT2D eigenvalue weighted by Crippen LogP contribution is 2.02. The minimum atomic E-state index is -1.11. The Morgan fingerprint density at radius 3 is 2.20 bits per heavy atom. The van der Waals surface area contributed by atoms with Gasteiger partial charge in [0.05, 0.1) is 5.60 Å². The van der Waals surface area contributed by atoms with Gasteiger partial charge in [-0.15, -0.1) is 0 Å². The summed E-state index contributed by atoms with van der Waals surface area (Å²) in [5, 5.41) is 29.1. The number of aliphatic hydroxyl groups is 1. The molecule has 0 spiro atoms. The van der Waals surface area contributed by atoms with Gasteiger partial charge in [0.15, 0.2) is 0 Å². The Morgan fingerprint density at radius 1 is 1.33 bits per heavy atom. The molecule has 0 amide bonds. The summed E-state index contributed by atoms with van der Waals surface area (Å²) in [4.78, 5) is 20.9. The minimum absolute atomic E-state index is 0.000741. The Morgan fingerprint density at radius 2 is 1.87 bits per heavy atom. The van der Waals surface area contributed by atoms with Crippen LogP contribution in [0.4, 0.5) is 0 Å². The fraction of sp³-hybridized carbons (Fsp3) is 0.778. The molecule has 0 rings (SSSR count). The number of nitrogens with one attached hydrogen (secondary N) is 1. The number of aliphatic carboxylic acids is 2. The fourth-order valence-corrected chi connectivity index (χ4v) is 0.954. The Balaban J connectivity index is 4.06. The van der Waals surface area contributed by atoms with Crippen LogP contribution in [0.25, 0.3) is 0 Å². The van der Waals surface area contributed by atoms with Crippen LogP contribution in [0, 0.1) is 0 Å². The van der Waals surface area contributed by atoms with Gasteiger partial charge in [0.25, 0.3) is 0 Å². The number of hydrogen-bond donors (Lipinski definition) is 4. The molecular weight excluding hydrogens is 202 g/mol. The van der Waals surface area contributed by atoms with Crippen LogP contribution in [-0.4, -0.2) is 45.4 Å². The summed E-state index contributed by atoms with van der Waals surface area (Å²) in [6.07, 6.45) is -0.212. The molecule has 0 aliphatic rings. The lowest BCUT2D eigenvalue weighted by atomic mass is 10.1. The van der Waals surface area contributed by atoms with Crippen LogP contribution in [0.1, 0.15) is 26.7 Å². The second-order valence-corrected chi connectivity index (χ2v) is 4.02. The quantitative estimate of drug-likeness (QED) is 0.467. The smallest absolute Gasteiger partial charge is 0.320 e. The van der Waals surface area contributed by atoms with E-state index in [1.54, 1.807) is 0 Å². The predicted molar refractivity (Wildman–Crippen MR) is 52.6 cm³/mol. The van der Waals surface area contributed by atoms with E-state index >= 15 is 0 Å². The molecule has 0 saturated carbocycles. The van der Waals surface area contributed by atoms with Gasteiger partial charge >= 0.3 is 11.9 Å². The fourth-order valence-electron chi connectivity index (χ4n) is 0.954. The van der Waals surface area contributed by atoms with E-state index < -0.39 is 23.6 Å².